The van der Waals surface area contributed by atoms with Crippen LogP contribution in [0.3, 0.4) is 0 Å². The number of carbonyl (C=O) groups is 1. The van der Waals surface area contributed by atoms with E-state index >= 15 is 0 Å². The van der Waals surface area contributed by atoms with Crippen molar-refractivity contribution in [2.24, 2.45) is 0 Å². The molecule has 0 fully saturated rings. The van der Waals surface area contributed by atoms with Gasteiger partial charge in [-0.2, -0.15) is 4.98 Å². The van der Waals surface area contributed by atoms with Crippen LogP contribution in [0.2, 0.25) is 0 Å². The maximum atomic E-state index is 12.7. The summed E-state index contributed by atoms with van der Waals surface area (Å²) >= 11 is 0. The van der Waals surface area contributed by atoms with E-state index in [0.717, 1.165) is 12.2 Å². The number of aryl methyl sites for hydroxylation is 1. The predicted octanol–water partition coefficient (Wildman–Crippen LogP) is 4.94. The summed E-state index contributed by atoms with van der Waals surface area (Å²) in [6.07, 6.45) is 2.54. The number of fused-ring (bicyclic) bond motifs is 1. The molecule has 152 valence electrons. The maximum Gasteiger partial charge on any atom is 0.255 e. The van der Waals surface area contributed by atoms with E-state index < -0.39 is 0 Å². The average molecular weight is 403 g/mol. The van der Waals surface area contributed by atoms with Crippen LogP contribution in [0.1, 0.15) is 29.3 Å². The molecule has 4 aromatic rings. The van der Waals surface area contributed by atoms with E-state index in [4.69, 9.17) is 9.15 Å². The lowest BCUT2D eigenvalue weighted by molar-refractivity contribution is 0.102. The maximum absolute atomic E-state index is 12.7. The first-order valence-electron chi connectivity index (χ1n) is 9.65. The summed E-state index contributed by atoms with van der Waals surface area (Å²) in [4.78, 5) is 21.1. The van der Waals surface area contributed by atoms with Crippen LogP contribution in [-0.2, 0) is 0 Å². The van der Waals surface area contributed by atoms with Crippen molar-refractivity contribution in [3.63, 3.8) is 0 Å². The minimum absolute atomic E-state index is 0.0389. The van der Waals surface area contributed by atoms with Gasteiger partial charge >= 0.3 is 0 Å². The van der Waals surface area contributed by atoms with Crippen molar-refractivity contribution in [3.8, 4) is 23.0 Å². The summed E-state index contributed by atoms with van der Waals surface area (Å²) < 4.78 is 11.3. The largest absolute Gasteiger partial charge is 0.507 e. The first-order chi connectivity index (χ1) is 14.5. The van der Waals surface area contributed by atoms with Gasteiger partial charge in [-0.05, 0) is 67.4 Å². The lowest BCUT2D eigenvalue weighted by Gasteiger charge is -2.11. The van der Waals surface area contributed by atoms with Crippen molar-refractivity contribution in [2.75, 3.05) is 11.9 Å². The third-order valence-electron chi connectivity index (χ3n) is 4.54. The molecule has 0 aliphatic rings. The van der Waals surface area contributed by atoms with Gasteiger partial charge in [-0.15, -0.1) is 0 Å². The van der Waals surface area contributed by atoms with Crippen LogP contribution in [-0.4, -0.2) is 27.6 Å². The van der Waals surface area contributed by atoms with Gasteiger partial charge in [-0.1, -0.05) is 6.92 Å². The number of rotatable bonds is 6. The van der Waals surface area contributed by atoms with Crippen LogP contribution in [0.4, 0.5) is 5.69 Å². The van der Waals surface area contributed by atoms with Gasteiger partial charge in [0.1, 0.15) is 11.5 Å². The quantitative estimate of drug-likeness (QED) is 0.442. The minimum atomic E-state index is -0.271. The third-order valence-corrected chi connectivity index (χ3v) is 4.54. The molecule has 0 saturated carbocycles. The lowest BCUT2D eigenvalue weighted by atomic mass is 10.1. The fraction of sp³-hybridized carbons (Fsp3) is 0.174. The molecule has 0 bridgehead atoms. The van der Waals surface area contributed by atoms with Crippen molar-refractivity contribution < 1.29 is 19.1 Å². The van der Waals surface area contributed by atoms with E-state index in [1.54, 1.807) is 61.7 Å². The molecule has 4 rings (SSSR count). The second-order valence-corrected chi connectivity index (χ2v) is 6.86. The number of carbonyl (C=O) groups excluding carboxylic acids is 1. The van der Waals surface area contributed by atoms with Gasteiger partial charge in [0, 0.05) is 17.4 Å². The van der Waals surface area contributed by atoms with E-state index in [2.05, 4.69) is 15.3 Å². The number of anilines is 1. The van der Waals surface area contributed by atoms with E-state index in [1.165, 1.54) is 0 Å². The second kappa shape index (κ2) is 8.24. The SMILES string of the molecule is CCCOc1ccc(C(=O)Nc2cc(C)c(O)c(-c3nc4ncccc4o3)c2)cc1. The summed E-state index contributed by atoms with van der Waals surface area (Å²) in [6.45, 7) is 4.41. The van der Waals surface area contributed by atoms with Crippen molar-refractivity contribution in [2.45, 2.75) is 20.3 Å². The number of ether oxygens (including phenoxy) is 1. The highest BCUT2D eigenvalue weighted by Crippen LogP contribution is 2.35. The molecule has 0 aliphatic carbocycles. The first kappa shape index (κ1) is 19.4. The Morgan fingerprint density at radius 1 is 1.20 bits per heavy atom. The number of nitrogens with zero attached hydrogens (tertiary/aromatic N) is 2. The van der Waals surface area contributed by atoms with Gasteiger partial charge in [0.05, 0.1) is 12.2 Å². The Bertz CT molecular complexity index is 1170. The molecule has 0 aliphatic heterocycles. The standard InChI is InChI=1S/C23H21N3O4/c1-3-11-29-17-8-6-15(7-9-17)22(28)25-16-12-14(2)20(27)18(13-16)23-26-21-19(30-23)5-4-10-24-21/h4-10,12-13,27H,3,11H2,1-2H3,(H,25,28). The molecule has 0 saturated heterocycles. The van der Waals surface area contributed by atoms with Gasteiger partial charge < -0.3 is 19.6 Å². The summed E-state index contributed by atoms with van der Waals surface area (Å²) in [5.74, 6) is 0.725. The molecule has 0 radical (unpaired) electrons. The fourth-order valence-electron chi connectivity index (χ4n) is 3.02. The Morgan fingerprint density at radius 3 is 2.73 bits per heavy atom. The van der Waals surface area contributed by atoms with Gasteiger partial charge in [-0.25, -0.2) is 4.98 Å². The molecule has 2 aromatic heterocycles. The van der Waals surface area contributed by atoms with Crippen LogP contribution in [0.5, 0.6) is 11.5 Å². The van der Waals surface area contributed by atoms with Crippen molar-refractivity contribution in [1.29, 1.82) is 0 Å². The molecule has 0 spiro atoms. The summed E-state index contributed by atoms with van der Waals surface area (Å²) in [5.41, 5.74) is 2.95. The first-order valence-corrected chi connectivity index (χ1v) is 9.65. The number of hydrogen-bond donors (Lipinski definition) is 2. The molecule has 2 N–H and O–H groups in total. The molecular weight excluding hydrogens is 382 g/mol. The third kappa shape index (κ3) is 3.96. The number of benzene rings is 2. The number of aromatic nitrogens is 2. The highest BCUT2D eigenvalue weighted by Gasteiger charge is 2.17. The smallest absolute Gasteiger partial charge is 0.255 e. The molecule has 30 heavy (non-hydrogen) atoms. The second-order valence-electron chi connectivity index (χ2n) is 6.86. The highest BCUT2D eigenvalue weighted by atomic mass is 16.5. The topological polar surface area (TPSA) is 97.5 Å². The van der Waals surface area contributed by atoms with Crippen molar-refractivity contribution >= 4 is 22.8 Å². The monoisotopic (exact) mass is 403 g/mol. The number of oxazole rings is 1. The predicted molar refractivity (Wildman–Crippen MR) is 114 cm³/mol. The van der Waals surface area contributed by atoms with Crippen LogP contribution < -0.4 is 10.1 Å². The minimum Gasteiger partial charge on any atom is -0.507 e. The number of aromatic hydroxyl groups is 1. The molecule has 0 unspecified atom stereocenters. The molecule has 0 atom stereocenters. The number of nitrogens with one attached hydrogen (secondary N) is 1. The molecule has 2 heterocycles. The lowest BCUT2D eigenvalue weighted by Crippen LogP contribution is -2.12. The van der Waals surface area contributed by atoms with E-state index in [9.17, 15) is 9.90 Å². The van der Waals surface area contributed by atoms with E-state index in [1.807, 2.05) is 6.92 Å². The Hall–Kier alpha value is -3.87. The zero-order valence-electron chi connectivity index (χ0n) is 16.7. The van der Waals surface area contributed by atoms with Gasteiger partial charge in [0.2, 0.25) is 5.89 Å². The zero-order valence-corrected chi connectivity index (χ0v) is 16.7. The van der Waals surface area contributed by atoms with Crippen molar-refractivity contribution in [3.05, 3.63) is 65.9 Å². The van der Waals surface area contributed by atoms with E-state index in [0.29, 0.717) is 40.2 Å². The molecule has 7 heteroatoms. The van der Waals surface area contributed by atoms with Crippen LogP contribution >= 0.6 is 0 Å². The Kier molecular flexibility index (Phi) is 5.34. The molecule has 1 amide bonds. The summed E-state index contributed by atoms with van der Waals surface area (Å²) in [6, 6.07) is 13.8. The average Bonchev–Trinajstić information content (AvgIpc) is 3.19. The van der Waals surface area contributed by atoms with Gasteiger partial charge in [0.25, 0.3) is 5.91 Å². The summed E-state index contributed by atoms with van der Waals surface area (Å²) in [7, 11) is 0. The Morgan fingerprint density at radius 2 is 2.00 bits per heavy atom. The number of phenols is 1. The van der Waals surface area contributed by atoms with E-state index in [-0.39, 0.29) is 17.5 Å². The number of pyridine rings is 1. The Labute approximate surface area is 173 Å². The van der Waals surface area contributed by atoms with Crippen molar-refractivity contribution in [1.82, 2.24) is 9.97 Å². The normalized spacial score (nSPS) is 10.9. The highest BCUT2D eigenvalue weighted by molar-refractivity contribution is 6.04. The zero-order chi connectivity index (χ0) is 21.1. The molecule has 7 nitrogen and oxygen atoms in total. The number of phenolic OH excluding ortho intramolecular Hbond substituents is 1. The number of hydrogen-bond acceptors (Lipinski definition) is 6. The molecular formula is C23H21N3O4. The van der Waals surface area contributed by atoms with Crippen LogP contribution in [0.15, 0.2) is 59.1 Å². The van der Waals surface area contributed by atoms with Gasteiger partial charge in [0.15, 0.2) is 11.2 Å². The summed E-state index contributed by atoms with van der Waals surface area (Å²) in [5, 5.41) is 13.4. The van der Waals surface area contributed by atoms with Crippen LogP contribution in [0.25, 0.3) is 22.7 Å². The number of amides is 1. The van der Waals surface area contributed by atoms with Gasteiger partial charge in [-0.3, -0.25) is 4.79 Å². The Balaban J connectivity index is 1.59. The fourth-order valence-corrected chi connectivity index (χ4v) is 3.02. The van der Waals surface area contributed by atoms with Crippen LogP contribution in [0, 0.1) is 6.92 Å². The molecule has 2 aromatic carbocycles.